The second kappa shape index (κ2) is 10.6. The molecule has 0 unspecified atom stereocenters. The number of benzene rings is 3. The van der Waals surface area contributed by atoms with Crippen LogP contribution in [0, 0.1) is 0 Å². The van der Waals surface area contributed by atoms with Crippen LogP contribution in [0.15, 0.2) is 84.0 Å². The van der Waals surface area contributed by atoms with Crippen LogP contribution in [0.25, 0.3) is 22.2 Å². The van der Waals surface area contributed by atoms with Crippen molar-refractivity contribution in [2.45, 2.75) is 26.4 Å². The number of rotatable bonds is 8. The average molecular weight is 454 g/mol. The van der Waals surface area contributed by atoms with E-state index in [2.05, 4.69) is 17.5 Å². The Morgan fingerprint density at radius 3 is 2.56 bits per heavy atom. The molecule has 34 heavy (non-hydrogen) atoms. The first-order valence-corrected chi connectivity index (χ1v) is 11.2. The fraction of sp³-hybridized carbons (Fsp3) is 0.179. The quantitative estimate of drug-likeness (QED) is 0.268. The first kappa shape index (κ1) is 23.0. The molecule has 1 amide bonds. The highest BCUT2D eigenvalue weighted by atomic mass is 16.5. The van der Waals surface area contributed by atoms with Crippen LogP contribution in [0.2, 0.25) is 0 Å². The minimum absolute atomic E-state index is 0.0867. The molecule has 4 rings (SSSR count). The van der Waals surface area contributed by atoms with Crippen LogP contribution in [-0.4, -0.2) is 30.3 Å². The Morgan fingerprint density at radius 2 is 1.79 bits per heavy atom. The number of nitrogens with zero attached hydrogens (tertiary/aromatic N) is 2. The summed E-state index contributed by atoms with van der Waals surface area (Å²) in [5.74, 6) is 0.980. The van der Waals surface area contributed by atoms with E-state index < -0.39 is 0 Å². The van der Waals surface area contributed by atoms with Crippen molar-refractivity contribution in [2.75, 3.05) is 7.11 Å². The van der Waals surface area contributed by atoms with Gasteiger partial charge in [-0.15, -0.1) is 0 Å². The van der Waals surface area contributed by atoms with E-state index in [4.69, 9.17) is 14.5 Å². The van der Waals surface area contributed by atoms with Gasteiger partial charge in [0.15, 0.2) is 11.5 Å². The lowest BCUT2D eigenvalue weighted by atomic mass is 10.0. The predicted molar refractivity (Wildman–Crippen MR) is 136 cm³/mol. The van der Waals surface area contributed by atoms with Gasteiger partial charge in [0.25, 0.3) is 5.91 Å². The van der Waals surface area contributed by atoms with Crippen LogP contribution in [0.5, 0.6) is 11.5 Å². The highest BCUT2D eigenvalue weighted by molar-refractivity contribution is 6.07. The van der Waals surface area contributed by atoms with Crippen molar-refractivity contribution >= 4 is 23.0 Å². The molecule has 0 radical (unpaired) electrons. The fourth-order valence-electron chi connectivity index (χ4n) is 3.51. The molecule has 0 aliphatic rings. The number of pyridine rings is 1. The lowest BCUT2D eigenvalue weighted by molar-refractivity contribution is 0.0956. The highest BCUT2D eigenvalue weighted by Gasteiger charge is 2.14. The number of ether oxygens (including phenoxy) is 2. The number of aromatic nitrogens is 1. The Labute approximate surface area is 199 Å². The van der Waals surface area contributed by atoms with Gasteiger partial charge in [0.1, 0.15) is 0 Å². The summed E-state index contributed by atoms with van der Waals surface area (Å²) >= 11 is 0. The summed E-state index contributed by atoms with van der Waals surface area (Å²) in [6, 6.07) is 24.7. The molecule has 172 valence electrons. The maximum atomic E-state index is 13.1. The van der Waals surface area contributed by atoms with Crippen molar-refractivity contribution in [3.63, 3.8) is 0 Å². The molecule has 1 N–H and O–H groups in total. The Morgan fingerprint density at radius 1 is 1.03 bits per heavy atom. The number of nitrogens with one attached hydrogen (secondary N) is 1. The smallest absolute Gasteiger partial charge is 0.272 e. The maximum absolute atomic E-state index is 13.1. The number of hydrogen-bond donors (Lipinski definition) is 1. The SMILES string of the molecule is CC[C@@H](C)Oc1ccc(/C=N/NC(=O)c2cc(-c3ccccc3)nc3ccccc23)cc1OC. The Bertz CT molecular complexity index is 1320. The predicted octanol–water partition coefficient (Wildman–Crippen LogP) is 5.85. The van der Waals surface area contributed by atoms with Gasteiger partial charge in [-0.05, 0) is 49.2 Å². The molecule has 1 atom stereocenters. The molecule has 4 aromatic rings. The summed E-state index contributed by atoms with van der Waals surface area (Å²) in [6.45, 7) is 4.08. The second-order valence-corrected chi connectivity index (χ2v) is 7.88. The van der Waals surface area contributed by atoms with E-state index in [0.29, 0.717) is 17.1 Å². The van der Waals surface area contributed by atoms with Gasteiger partial charge in [-0.2, -0.15) is 5.10 Å². The van der Waals surface area contributed by atoms with E-state index in [1.807, 2.05) is 79.7 Å². The van der Waals surface area contributed by atoms with Crippen LogP contribution in [0.1, 0.15) is 36.2 Å². The van der Waals surface area contributed by atoms with Crippen molar-refractivity contribution in [1.29, 1.82) is 0 Å². The maximum Gasteiger partial charge on any atom is 0.272 e. The van der Waals surface area contributed by atoms with Gasteiger partial charge in [0.05, 0.1) is 36.2 Å². The van der Waals surface area contributed by atoms with Crippen LogP contribution < -0.4 is 14.9 Å². The number of hydrogen-bond acceptors (Lipinski definition) is 5. The topological polar surface area (TPSA) is 72.8 Å². The van der Waals surface area contributed by atoms with E-state index in [1.54, 1.807) is 19.4 Å². The third-order valence-corrected chi connectivity index (χ3v) is 5.50. The second-order valence-electron chi connectivity index (χ2n) is 7.88. The average Bonchev–Trinajstić information content (AvgIpc) is 2.89. The van der Waals surface area contributed by atoms with Crippen LogP contribution in [0.4, 0.5) is 0 Å². The van der Waals surface area contributed by atoms with E-state index in [9.17, 15) is 4.79 Å². The Balaban J connectivity index is 1.57. The molecule has 1 heterocycles. The number of amides is 1. The molecule has 3 aromatic carbocycles. The molecule has 1 aromatic heterocycles. The van der Waals surface area contributed by atoms with Gasteiger partial charge >= 0.3 is 0 Å². The normalized spacial score (nSPS) is 12.0. The van der Waals surface area contributed by atoms with E-state index in [1.165, 1.54) is 0 Å². The van der Waals surface area contributed by atoms with Crippen LogP contribution >= 0.6 is 0 Å². The summed E-state index contributed by atoms with van der Waals surface area (Å²) in [7, 11) is 1.60. The number of hydrazone groups is 1. The molecule has 0 saturated heterocycles. The zero-order valence-corrected chi connectivity index (χ0v) is 19.5. The zero-order chi connectivity index (χ0) is 23.9. The minimum Gasteiger partial charge on any atom is -0.493 e. The standard InChI is InChI=1S/C28H27N3O3/c1-4-19(2)34-26-15-14-20(16-27(26)33-3)18-29-31-28(32)23-17-25(21-10-6-5-7-11-21)30-24-13-9-8-12-22(23)24/h5-19H,4H2,1-3H3,(H,31,32)/b29-18+/t19-/m1/s1. The largest absolute Gasteiger partial charge is 0.493 e. The third-order valence-electron chi connectivity index (χ3n) is 5.50. The number of fused-ring (bicyclic) bond motifs is 1. The van der Waals surface area contributed by atoms with Crippen LogP contribution in [-0.2, 0) is 0 Å². The first-order chi connectivity index (χ1) is 16.6. The molecule has 0 fully saturated rings. The van der Waals surface area contributed by atoms with Gasteiger partial charge in [-0.3, -0.25) is 4.79 Å². The van der Waals surface area contributed by atoms with Gasteiger partial charge in [-0.25, -0.2) is 10.4 Å². The Kier molecular flexibility index (Phi) is 7.18. The van der Waals surface area contributed by atoms with E-state index >= 15 is 0 Å². The fourth-order valence-corrected chi connectivity index (χ4v) is 3.51. The summed E-state index contributed by atoms with van der Waals surface area (Å²) in [6.07, 6.45) is 2.56. The summed E-state index contributed by atoms with van der Waals surface area (Å²) in [5, 5.41) is 4.93. The van der Waals surface area contributed by atoms with Crippen molar-refractivity contribution < 1.29 is 14.3 Å². The molecule has 0 aliphatic heterocycles. The lowest BCUT2D eigenvalue weighted by Gasteiger charge is -2.15. The van der Waals surface area contributed by atoms with Gasteiger partial charge in [-0.1, -0.05) is 55.5 Å². The van der Waals surface area contributed by atoms with Gasteiger partial charge in [0.2, 0.25) is 0 Å². The minimum atomic E-state index is -0.310. The molecule has 0 bridgehead atoms. The number of carbonyl (C=O) groups is 1. The first-order valence-electron chi connectivity index (χ1n) is 11.2. The van der Waals surface area contributed by atoms with Crippen molar-refractivity contribution in [2.24, 2.45) is 5.10 Å². The molecular weight excluding hydrogens is 426 g/mol. The molecule has 0 aliphatic carbocycles. The highest BCUT2D eigenvalue weighted by Crippen LogP contribution is 2.29. The summed E-state index contributed by atoms with van der Waals surface area (Å²) in [4.78, 5) is 17.8. The summed E-state index contributed by atoms with van der Waals surface area (Å²) in [5.41, 5.74) is 6.35. The number of methoxy groups -OCH3 is 1. The molecule has 6 heteroatoms. The van der Waals surface area contributed by atoms with Crippen molar-refractivity contribution in [3.05, 3.63) is 90.0 Å². The molecular formula is C28H27N3O3. The van der Waals surface area contributed by atoms with Crippen LogP contribution in [0.3, 0.4) is 0 Å². The van der Waals surface area contributed by atoms with Crippen molar-refractivity contribution in [3.8, 4) is 22.8 Å². The molecule has 0 saturated carbocycles. The lowest BCUT2D eigenvalue weighted by Crippen LogP contribution is -2.18. The van der Waals surface area contributed by atoms with Gasteiger partial charge < -0.3 is 9.47 Å². The molecule has 0 spiro atoms. The molecule has 6 nitrogen and oxygen atoms in total. The zero-order valence-electron chi connectivity index (χ0n) is 19.5. The monoisotopic (exact) mass is 453 g/mol. The van der Waals surface area contributed by atoms with Gasteiger partial charge in [0, 0.05) is 10.9 Å². The Hall–Kier alpha value is -4.19. The number of carbonyl (C=O) groups excluding carboxylic acids is 1. The third kappa shape index (κ3) is 5.23. The van der Waals surface area contributed by atoms with Crippen molar-refractivity contribution in [1.82, 2.24) is 10.4 Å². The number of para-hydroxylation sites is 1. The summed E-state index contributed by atoms with van der Waals surface area (Å²) < 4.78 is 11.3. The van der Waals surface area contributed by atoms with E-state index in [-0.39, 0.29) is 12.0 Å². The van der Waals surface area contributed by atoms with E-state index in [0.717, 1.165) is 34.1 Å².